The number of rotatable bonds is 6. The zero-order chi connectivity index (χ0) is 15.3. The largest absolute Gasteiger partial charge is 0.349 e. The first-order valence-corrected chi connectivity index (χ1v) is 7.62. The normalized spacial score (nSPS) is 11.6. The van der Waals surface area contributed by atoms with Crippen LogP contribution in [0.15, 0.2) is 42.5 Å². The van der Waals surface area contributed by atoms with Gasteiger partial charge in [0.1, 0.15) is 0 Å². The van der Waals surface area contributed by atoms with Crippen LogP contribution in [0.4, 0.5) is 0 Å². The van der Waals surface area contributed by atoms with E-state index in [2.05, 4.69) is 37.4 Å². The Hall–Kier alpha value is -1.87. The van der Waals surface area contributed by atoms with E-state index >= 15 is 0 Å². The molecule has 0 aliphatic rings. The molecule has 1 amide bonds. The maximum Gasteiger partial charge on any atom is 0.224 e. The average molecular weight is 284 g/mol. The topological polar surface area (TPSA) is 55.1 Å². The lowest BCUT2D eigenvalue weighted by atomic mass is 9.92. The molecule has 0 aromatic heterocycles. The van der Waals surface area contributed by atoms with Crippen molar-refractivity contribution in [3.63, 3.8) is 0 Å². The summed E-state index contributed by atoms with van der Waals surface area (Å²) in [5.74, 6) is 0.0421. The molecule has 0 bridgehead atoms. The summed E-state index contributed by atoms with van der Waals surface area (Å²) in [7, 11) is 0. The number of nitrogens with one attached hydrogen (secondary N) is 1. The van der Waals surface area contributed by atoms with Crippen LogP contribution in [0.5, 0.6) is 0 Å². The molecule has 0 atom stereocenters. The van der Waals surface area contributed by atoms with Crippen LogP contribution in [0.1, 0.15) is 32.3 Å². The van der Waals surface area contributed by atoms with Crippen LogP contribution in [0.2, 0.25) is 0 Å². The maximum absolute atomic E-state index is 12.4. The van der Waals surface area contributed by atoms with E-state index in [-0.39, 0.29) is 11.4 Å². The number of amides is 1. The number of hydrogen-bond donors (Lipinski definition) is 2. The number of benzene rings is 2. The molecule has 0 aliphatic heterocycles. The maximum atomic E-state index is 12.4. The van der Waals surface area contributed by atoms with Gasteiger partial charge in [0, 0.05) is 6.54 Å². The molecule has 0 saturated heterocycles. The van der Waals surface area contributed by atoms with Gasteiger partial charge in [-0.1, -0.05) is 56.3 Å². The van der Waals surface area contributed by atoms with Crippen LogP contribution >= 0.6 is 0 Å². The van der Waals surface area contributed by atoms with Crippen molar-refractivity contribution in [2.75, 3.05) is 6.54 Å². The van der Waals surface area contributed by atoms with Crippen molar-refractivity contribution < 1.29 is 4.79 Å². The Morgan fingerprint density at radius 2 is 1.76 bits per heavy atom. The molecule has 0 aliphatic carbocycles. The zero-order valence-electron chi connectivity index (χ0n) is 12.9. The Morgan fingerprint density at radius 1 is 1.10 bits per heavy atom. The van der Waals surface area contributed by atoms with Crippen molar-refractivity contribution >= 4 is 16.7 Å². The third-order valence-electron chi connectivity index (χ3n) is 4.38. The molecular formula is C18H24N2O. The monoisotopic (exact) mass is 284 g/mol. The number of hydrogen-bond acceptors (Lipinski definition) is 2. The molecule has 3 N–H and O–H groups in total. The Morgan fingerprint density at radius 3 is 2.43 bits per heavy atom. The Bertz CT molecular complexity index is 604. The highest BCUT2D eigenvalue weighted by Gasteiger charge is 2.26. The van der Waals surface area contributed by atoms with Gasteiger partial charge in [-0.05, 0) is 29.2 Å². The van der Waals surface area contributed by atoms with E-state index in [9.17, 15) is 4.79 Å². The molecule has 0 heterocycles. The van der Waals surface area contributed by atoms with Crippen LogP contribution in [-0.4, -0.2) is 18.0 Å². The first-order valence-electron chi connectivity index (χ1n) is 7.62. The van der Waals surface area contributed by atoms with Gasteiger partial charge in [0.2, 0.25) is 5.91 Å². The molecule has 0 saturated carbocycles. The van der Waals surface area contributed by atoms with Gasteiger partial charge >= 0.3 is 0 Å². The van der Waals surface area contributed by atoms with Crippen molar-refractivity contribution in [1.82, 2.24) is 5.32 Å². The van der Waals surface area contributed by atoms with Gasteiger partial charge < -0.3 is 11.1 Å². The predicted octanol–water partition coefficient (Wildman–Crippen LogP) is 3.02. The fourth-order valence-corrected chi connectivity index (χ4v) is 2.73. The second-order valence-corrected chi connectivity index (χ2v) is 5.55. The minimum atomic E-state index is -0.276. The highest BCUT2D eigenvalue weighted by Crippen LogP contribution is 2.20. The third-order valence-corrected chi connectivity index (χ3v) is 4.38. The Labute approximate surface area is 126 Å². The first kappa shape index (κ1) is 15.5. The summed E-state index contributed by atoms with van der Waals surface area (Å²) in [4.78, 5) is 12.4. The highest BCUT2D eigenvalue weighted by atomic mass is 16.1. The quantitative estimate of drug-likeness (QED) is 0.856. The van der Waals surface area contributed by atoms with Crippen molar-refractivity contribution in [1.29, 1.82) is 0 Å². The number of carbonyl (C=O) groups excluding carboxylic acids is 1. The molecule has 3 nitrogen and oxygen atoms in total. The lowest BCUT2D eigenvalue weighted by Gasteiger charge is -2.31. The highest BCUT2D eigenvalue weighted by molar-refractivity contribution is 5.90. The van der Waals surface area contributed by atoms with Gasteiger partial charge in [0.25, 0.3) is 0 Å². The molecule has 0 spiro atoms. The molecule has 0 unspecified atom stereocenters. The second kappa shape index (κ2) is 6.72. The molecule has 112 valence electrons. The molecule has 2 aromatic rings. The summed E-state index contributed by atoms with van der Waals surface area (Å²) < 4.78 is 0. The second-order valence-electron chi connectivity index (χ2n) is 5.55. The fraction of sp³-hybridized carbons (Fsp3) is 0.389. The fourth-order valence-electron chi connectivity index (χ4n) is 2.73. The van der Waals surface area contributed by atoms with E-state index in [1.165, 1.54) is 5.39 Å². The third kappa shape index (κ3) is 3.42. The van der Waals surface area contributed by atoms with Gasteiger partial charge in [0.05, 0.1) is 12.0 Å². The van der Waals surface area contributed by atoms with E-state index < -0.39 is 0 Å². The van der Waals surface area contributed by atoms with E-state index in [0.29, 0.717) is 13.0 Å². The van der Waals surface area contributed by atoms with E-state index in [0.717, 1.165) is 23.8 Å². The van der Waals surface area contributed by atoms with Crippen LogP contribution in [0, 0.1) is 0 Å². The Balaban J connectivity index is 2.19. The van der Waals surface area contributed by atoms with Crippen LogP contribution in [0.3, 0.4) is 0 Å². The smallest absolute Gasteiger partial charge is 0.224 e. The zero-order valence-corrected chi connectivity index (χ0v) is 12.9. The summed E-state index contributed by atoms with van der Waals surface area (Å²) in [6, 6.07) is 14.2. The lowest BCUT2D eigenvalue weighted by Crippen LogP contribution is -2.53. The molecule has 0 radical (unpaired) electrons. The van der Waals surface area contributed by atoms with E-state index in [1.807, 2.05) is 24.3 Å². The lowest BCUT2D eigenvalue weighted by molar-refractivity contribution is -0.122. The van der Waals surface area contributed by atoms with Crippen molar-refractivity contribution in [3.8, 4) is 0 Å². The standard InChI is InChI=1S/C18H24N2O/c1-3-18(4-2,13-19)20-17(21)12-15-10-7-9-14-8-5-6-11-16(14)15/h5-11H,3-4,12-13,19H2,1-2H3,(H,20,21). The van der Waals surface area contributed by atoms with Gasteiger partial charge in [0.15, 0.2) is 0 Å². The van der Waals surface area contributed by atoms with Crippen molar-refractivity contribution in [2.24, 2.45) is 5.73 Å². The molecule has 3 heteroatoms. The SMILES string of the molecule is CCC(CC)(CN)NC(=O)Cc1cccc2ccccc12. The molecule has 2 rings (SSSR count). The minimum Gasteiger partial charge on any atom is -0.349 e. The van der Waals surface area contributed by atoms with Gasteiger partial charge in [-0.3, -0.25) is 4.79 Å². The van der Waals surface area contributed by atoms with Gasteiger partial charge in [-0.15, -0.1) is 0 Å². The summed E-state index contributed by atoms with van der Waals surface area (Å²) in [5.41, 5.74) is 6.63. The van der Waals surface area contributed by atoms with E-state index in [1.54, 1.807) is 0 Å². The molecular weight excluding hydrogens is 260 g/mol. The summed E-state index contributed by atoms with van der Waals surface area (Å²) in [6.45, 7) is 4.60. The average Bonchev–Trinajstić information content (AvgIpc) is 2.53. The number of nitrogens with two attached hydrogens (primary N) is 1. The summed E-state index contributed by atoms with van der Waals surface area (Å²) in [5, 5.41) is 5.43. The van der Waals surface area contributed by atoms with Gasteiger partial charge in [-0.25, -0.2) is 0 Å². The summed E-state index contributed by atoms with van der Waals surface area (Å²) in [6.07, 6.45) is 2.09. The first-order chi connectivity index (χ1) is 10.1. The number of fused-ring (bicyclic) bond motifs is 1. The van der Waals surface area contributed by atoms with Crippen LogP contribution in [0.25, 0.3) is 10.8 Å². The van der Waals surface area contributed by atoms with E-state index in [4.69, 9.17) is 5.73 Å². The summed E-state index contributed by atoms with van der Waals surface area (Å²) >= 11 is 0. The minimum absolute atomic E-state index is 0.0421. The molecule has 0 fully saturated rings. The molecule has 21 heavy (non-hydrogen) atoms. The van der Waals surface area contributed by atoms with Crippen LogP contribution in [-0.2, 0) is 11.2 Å². The van der Waals surface area contributed by atoms with Crippen LogP contribution < -0.4 is 11.1 Å². The Kier molecular flexibility index (Phi) is 4.97. The van der Waals surface area contributed by atoms with Gasteiger partial charge in [-0.2, -0.15) is 0 Å². The molecule has 2 aromatic carbocycles. The van der Waals surface area contributed by atoms with Crippen molar-refractivity contribution in [2.45, 2.75) is 38.6 Å². The van der Waals surface area contributed by atoms with Crippen molar-refractivity contribution in [3.05, 3.63) is 48.0 Å². The predicted molar refractivity (Wildman–Crippen MR) is 88.2 cm³/mol. The number of carbonyl (C=O) groups is 1.